The first-order chi connectivity index (χ1) is 9.20. The van der Waals surface area contributed by atoms with E-state index in [4.69, 9.17) is 4.74 Å². The zero-order valence-electron chi connectivity index (χ0n) is 10.6. The Hall–Kier alpha value is -2.14. The second kappa shape index (κ2) is 4.51. The van der Waals surface area contributed by atoms with Crippen molar-refractivity contribution in [3.8, 4) is 16.9 Å². The van der Waals surface area contributed by atoms with Gasteiger partial charge in [0.25, 0.3) is 5.56 Å². The monoisotopic (exact) mass is 272 g/mol. The summed E-state index contributed by atoms with van der Waals surface area (Å²) in [6.07, 6.45) is 1.44. The minimum Gasteiger partial charge on any atom is -0.497 e. The van der Waals surface area contributed by atoms with Gasteiger partial charge in [-0.15, -0.1) is 11.3 Å². The highest BCUT2D eigenvalue weighted by molar-refractivity contribution is 7.19. The lowest BCUT2D eigenvalue weighted by Crippen LogP contribution is -2.05. The van der Waals surface area contributed by atoms with Crippen LogP contribution in [0.1, 0.15) is 4.88 Å². The number of nitrogens with one attached hydrogen (secondary N) is 1. The van der Waals surface area contributed by atoms with E-state index in [0.29, 0.717) is 5.39 Å². The van der Waals surface area contributed by atoms with Crippen molar-refractivity contribution >= 4 is 21.6 Å². The van der Waals surface area contributed by atoms with E-state index < -0.39 is 0 Å². The number of H-pyrrole nitrogens is 1. The van der Waals surface area contributed by atoms with Crippen molar-refractivity contribution in [2.75, 3.05) is 7.11 Å². The molecule has 0 bridgehead atoms. The minimum atomic E-state index is -0.104. The van der Waals surface area contributed by atoms with Gasteiger partial charge >= 0.3 is 0 Å². The molecular weight excluding hydrogens is 260 g/mol. The van der Waals surface area contributed by atoms with Crippen LogP contribution in [0.25, 0.3) is 21.3 Å². The van der Waals surface area contributed by atoms with Gasteiger partial charge in [0.2, 0.25) is 0 Å². The molecule has 0 aliphatic carbocycles. The molecule has 0 saturated carbocycles. The Morgan fingerprint density at radius 1 is 1.37 bits per heavy atom. The van der Waals surface area contributed by atoms with Gasteiger partial charge in [-0.2, -0.15) is 0 Å². The van der Waals surface area contributed by atoms with Gasteiger partial charge in [-0.05, 0) is 24.6 Å². The van der Waals surface area contributed by atoms with Gasteiger partial charge in [-0.1, -0.05) is 12.1 Å². The Morgan fingerprint density at radius 3 is 3.00 bits per heavy atom. The van der Waals surface area contributed by atoms with Gasteiger partial charge in [0.1, 0.15) is 10.6 Å². The summed E-state index contributed by atoms with van der Waals surface area (Å²) < 4.78 is 5.24. The van der Waals surface area contributed by atoms with E-state index in [1.165, 1.54) is 17.7 Å². The normalized spacial score (nSPS) is 10.8. The summed E-state index contributed by atoms with van der Waals surface area (Å²) in [7, 11) is 1.63. The van der Waals surface area contributed by atoms with Crippen LogP contribution in [-0.2, 0) is 0 Å². The number of thiophene rings is 1. The Balaban J connectivity index is 2.35. The molecule has 0 atom stereocenters. The maximum Gasteiger partial charge on any atom is 0.260 e. The van der Waals surface area contributed by atoms with E-state index in [-0.39, 0.29) is 5.56 Å². The Bertz CT molecular complexity index is 805. The Morgan fingerprint density at radius 2 is 2.21 bits per heavy atom. The topological polar surface area (TPSA) is 55.0 Å². The number of aromatic nitrogens is 2. The van der Waals surface area contributed by atoms with Gasteiger partial charge in [0.15, 0.2) is 0 Å². The number of aromatic amines is 1. The van der Waals surface area contributed by atoms with Crippen molar-refractivity contribution in [2.45, 2.75) is 6.92 Å². The average Bonchev–Trinajstić information content (AvgIpc) is 2.76. The minimum absolute atomic E-state index is 0.104. The van der Waals surface area contributed by atoms with Crippen LogP contribution < -0.4 is 10.3 Å². The summed E-state index contributed by atoms with van der Waals surface area (Å²) in [5, 5.41) is 0.651. The molecule has 2 aromatic heterocycles. The third-order valence-corrected chi connectivity index (χ3v) is 4.04. The lowest BCUT2D eigenvalue weighted by molar-refractivity contribution is 0.415. The van der Waals surface area contributed by atoms with E-state index >= 15 is 0 Å². The number of methoxy groups -OCH3 is 1. The van der Waals surface area contributed by atoms with Gasteiger partial charge in [-0.25, -0.2) is 4.98 Å². The predicted molar refractivity (Wildman–Crippen MR) is 77.0 cm³/mol. The highest BCUT2D eigenvalue weighted by Gasteiger charge is 2.15. The molecule has 0 radical (unpaired) electrons. The first-order valence-corrected chi connectivity index (χ1v) is 6.63. The van der Waals surface area contributed by atoms with Crippen LogP contribution in [0.5, 0.6) is 5.75 Å². The summed E-state index contributed by atoms with van der Waals surface area (Å²) in [4.78, 5) is 20.7. The Kier molecular flexibility index (Phi) is 2.83. The van der Waals surface area contributed by atoms with E-state index in [9.17, 15) is 4.79 Å². The summed E-state index contributed by atoms with van der Waals surface area (Å²) in [5.41, 5.74) is 1.81. The molecule has 0 spiro atoms. The second-order valence-electron chi connectivity index (χ2n) is 4.18. The highest BCUT2D eigenvalue weighted by Crippen LogP contribution is 2.36. The van der Waals surface area contributed by atoms with Crippen LogP contribution in [0, 0.1) is 6.92 Å². The van der Waals surface area contributed by atoms with E-state index in [0.717, 1.165) is 26.6 Å². The van der Waals surface area contributed by atoms with Gasteiger partial charge in [-0.3, -0.25) is 4.79 Å². The molecule has 3 aromatic rings. The Labute approximate surface area is 113 Å². The van der Waals surface area contributed by atoms with Crippen molar-refractivity contribution in [1.82, 2.24) is 9.97 Å². The number of ether oxygens (including phenoxy) is 1. The van der Waals surface area contributed by atoms with E-state index in [1.807, 2.05) is 31.2 Å². The molecule has 5 heteroatoms. The molecule has 1 N–H and O–H groups in total. The smallest absolute Gasteiger partial charge is 0.260 e. The molecule has 4 nitrogen and oxygen atoms in total. The lowest BCUT2D eigenvalue weighted by atomic mass is 10.0. The van der Waals surface area contributed by atoms with Crippen molar-refractivity contribution in [3.05, 3.63) is 45.8 Å². The zero-order chi connectivity index (χ0) is 13.4. The van der Waals surface area contributed by atoms with Crippen LogP contribution in [-0.4, -0.2) is 17.1 Å². The molecule has 0 aliphatic rings. The van der Waals surface area contributed by atoms with Crippen LogP contribution in [0.2, 0.25) is 0 Å². The molecule has 19 heavy (non-hydrogen) atoms. The second-order valence-corrected chi connectivity index (χ2v) is 5.38. The molecule has 0 saturated heterocycles. The third-order valence-electron chi connectivity index (χ3n) is 3.03. The first-order valence-electron chi connectivity index (χ1n) is 5.82. The fourth-order valence-corrected chi connectivity index (χ4v) is 3.19. The molecule has 3 rings (SSSR count). The first kappa shape index (κ1) is 11.9. The highest BCUT2D eigenvalue weighted by atomic mass is 32.1. The van der Waals surface area contributed by atoms with Crippen molar-refractivity contribution in [3.63, 3.8) is 0 Å². The van der Waals surface area contributed by atoms with Gasteiger partial charge < -0.3 is 9.72 Å². The van der Waals surface area contributed by atoms with Gasteiger partial charge in [0.05, 0.1) is 18.8 Å². The van der Waals surface area contributed by atoms with Gasteiger partial charge in [0, 0.05) is 10.4 Å². The van der Waals surface area contributed by atoms with Crippen molar-refractivity contribution in [1.29, 1.82) is 0 Å². The lowest BCUT2D eigenvalue weighted by Gasteiger charge is -2.04. The average molecular weight is 272 g/mol. The number of aryl methyl sites for hydroxylation is 1. The number of rotatable bonds is 2. The predicted octanol–water partition coefficient (Wildman–Crippen LogP) is 2.97. The zero-order valence-corrected chi connectivity index (χ0v) is 11.4. The number of fused-ring (bicyclic) bond motifs is 1. The van der Waals surface area contributed by atoms with E-state index in [1.54, 1.807) is 7.11 Å². The molecule has 0 aliphatic heterocycles. The number of nitrogens with zero attached hydrogens (tertiary/aromatic N) is 1. The number of hydrogen-bond acceptors (Lipinski definition) is 4. The van der Waals surface area contributed by atoms with Crippen LogP contribution in [0.3, 0.4) is 0 Å². The van der Waals surface area contributed by atoms with Crippen molar-refractivity contribution < 1.29 is 4.74 Å². The quantitative estimate of drug-likeness (QED) is 0.780. The molecule has 0 fully saturated rings. The van der Waals surface area contributed by atoms with Crippen LogP contribution in [0.15, 0.2) is 35.4 Å². The molecule has 2 heterocycles. The maximum absolute atomic E-state index is 12.0. The maximum atomic E-state index is 12.0. The third kappa shape index (κ3) is 1.92. The standard InChI is InChI=1S/C14H12N2O2S/c1-8-11(9-4-3-5-10(6-9)18-2)12-13(17)15-7-16-14(12)19-8/h3-7H,1-2H3,(H,15,16,17). The fourth-order valence-electron chi connectivity index (χ4n) is 2.18. The van der Waals surface area contributed by atoms with Crippen LogP contribution in [0.4, 0.5) is 0 Å². The summed E-state index contributed by atoms with van der Waals surface area (Å²) in [5.74, 6) is 0.775. The largest absolute Gasteiger partial charge is 0.497 e. The number of benzene rings is 1. The fraction of sp³-hybridized carbons (Fsp3) is 0.143. The molecule has 1 aromatic carbocycles. The van der Waals surface area contributed by atoms with Crippen LogP contribution >= 0.6 is 11.3 Å². The SMILES string of the molecule is COc1cccc(-c2c(C)sc3nc[nH]c(=O)c23)c1. The summed E-state index contributed by atoms with van der Waals surface area (Å²) in [6, 6.07) is 7.71. The summed E-state index contributed by atoms with van der Waals surface area (Å²) in [6.45, 7) is 2.00. The molecule has 0 unspecified atom stereocenters. The molecular formula is C14H12N2O2S. The molecule has 0 amide bonds. The molecule has 96 valence electrons. The van der Waals surface area contributed by atoms with E-state index in [2.05, 4.69) is 9.97 Å². The number of hydrogen-bond donors (Lipinski definition) is 1. The van der Waals surface area contributed by atoms with Crippen molar-refractivity contribution in [2.24, 2.45) is 0 Å². The summed E-state index contributed by atoms with van der Waals surface area (Å²) >= 11 is 1.53.